The molecule has 5 heteroatoms. The van der Waals surface area contributed by atoms with Crippen molar-refractivity contribution in [3.8, 4) is 0 Å². The molecule has 1 heterocycles. The predicted octanol–water partition coefficient (Wildman–Crippen LogP) is 3.20. The molecule has 18 heavy (non-hydrogen) atoms. The Hall–Kier alpha value is -0.680. The molecule has 0 atom stereocenters. The average molecular weight is 315 g/mol. The van der Waals surface area contributed by atoms with Crippen LogP contribution in [-0.4, -0.2) is 28.3 Å². The molecule has 0 bridgehead atoms. The summed E-state index contributed by atoms with van der Waals surface area (Å²) < 4.78 is 8.11. The van der Waals surface area contributed by atoms with Crippen LogP contribution in [-0.2, 0) is 11.3 Å². The Morgan fingerprint density at radius 3 is 2.72 bits per heavy atom. The van der Waals surface area contributed by atoms with E-state index in [0.29, 0.717) is 12.2 Å². The fraction of sp³-hybridized carbons (Fsp3) is 0.692. The molecule has 4 nitrogen and oxygen atoms in total. The fourth-order valence-electron chi connectivity index (χ4n) is 2.69. The third kappa shape index (κ3) is 2.26. The average Bonchev–Trinajstić information content (AvgIpc) is 2.79. The highest BCUT2D eigenvalue weighted by molar-refractivity contribution is 9.10. The van der Waals surface area contributed by atoms with Crippen LogP contribution in [0.2, 0.25) is 0 Å². The van der Waals surface area contributed by atoms with Crippen LogP contribution < -0.4 is 0 Å². The summed E-state index contributed by atoms with van der Waals surface area (Å²) in [6.45, 7) is 2.67. The van der Waals surface area contributed by atoms with Gasteiger partial charge >= 0.3 is 0 Å². The van der Waals surface area contributed by atoms with Crippen molar-refractivity contribution in [3.63, 3.8) is 0 Å². The maximum Gasteiger partial charge on any atom is 0.213 e. The quantitative estimate of drug-likeness (QED) is 0.802. The lowest BCUT2D eigenvalue weighted by molar-refractivity contribution is -0.0202. The van der Waals surface area contributed by atoms with E-state index in [1.807, 2.05) is 6.92 Å². The van der Waals surface area contributed by atoms with Crippen LogP contribution in [0.3, 0.4) is 0 Å². The van der Waals surface area contributed by atoms with Crippen LogP contribution in [0.4, 0.5) is 0 Å². The van der Waals surface area contributed by atoms with Gasteiger partial charge in [-0.3, -0.25) is 9.48 Å². The van der Waals surface area contributed by atoms with Crippen molar-refractivity contribution >= 4 is 21.7 Å². The molecule has 0 saturated heterocycles. The van der Waals surface area contributed by atoms with Crippen molar-refractivity contribution in [1.82, 2.24) is 9.78 Å². The molecule has 0 unspecified atom stereocenters. The number of Topliss-reactive ketones (excluding diaryl/α,β-unsaturated/α-hetero) is 1. The summed E-state index contributed by atoms with van der Waals surface area (Å²) in [6, 6.07) is 0. The van der Waals surface area contributed by atoms with Gasteiger partial charge < -0.3 is 4.74 Å². The SMILES string of the molecule is CCn1ncc(Br)c1C(=O)C1(OC)CCCCC1. The lowest BCUT2D eigenvalue weighted by Gasteiger charge is -2.34. The summed E-state index contributed by atoms with van der Waals surface area (Å²) in [5.74, 6) is 0.0657. The van der Waals surface area contributed by atoms with Gasteiger partial charge in [0.2, 0.25) is 5.78 Å². The lowest BCUT2D eigenvalue weighted by atomic mass is 9.80. The van der Waals surface area contributed by atoms with Gasteiger partial charge in [0, 0.05) is 13.7 Å². The summed E-state index contributed by atoms with van der Waals surface area (Å²) in [7, 11) is 1.64. The minimum atomic E-state index is -0.645. The van der Waals surface area contributed by atoms with Gasteiger partial charge in [-0.2, -0.15) is 5.10 Å². The molecule has 0 N–H and O–H groups in total. The number of halogens is 1. The summed E-state index contributed by atoms with van der Waals surface area (Å²) >= 11 is 3.42. The second kappa shape index (κ2) is 5.53. The highest BCUT2D eigenvalue weighted by atomic mass is 79.9. The van der Waals surface area contributed by atoms with E-state index in [-0.39, 0.29) is 5.78 Å². The van der Waals surface area contributed by atoms with Crippen LogP contribution in [0.25, 0.3) is 0 Å². The molecule has 1 aromatic rings. The zero-order chi connectivity index (χ0) is 13.2. The Morgan fingerprint density at radius 2 is 2.17 bits per heavy atom. The monoisotopic (exact) mass is 314 g/mol. The third-order valence-electron chi connectivity index (χ3n) is 3.78. The van der Waals surface area contributed by atoms with Crippen LogP contribution >= 0.6 is 15.9 Å². The van der Waals surface area contributed by atoms with E-state index in [2.05, 4.69) is 21.0 Å². The molecule has 0 radical (unpaired) electrons. The molecule has 0 amide bonds. The van der Waals surface area contributed by atoms with E-state index in [1.54, 1.807) is 18.0 Å². The minimum absolute atomic E-state index is 0.0657. The van der Waals surface area contributed by atoms with Crippen molar-refractivity contribution in [2.75, 3.05) is 7.11 Å². The van der Waals surface area contributed by atoms with Gasteiger partial charge in [0.25, 0.3) is 0 Å². The predicted molar refractivity (Wildman–Crippen MR) is 72.8 cm³/mol. The molecule has 100 valence electrons. The summed E-state index contributed by atoms with van der Waals surface area (Å²) in [5, 5.41) is 4.21. The van der Waals surface area contributed by atoms with Crippen LogP contribution in [0, 0.1) is 0 Å². The van der Waals surface area contributed by atoms with E-state index in [4.69, 9.17) is 4.74 Å². The number of aryl methyl sites for hydroxylation is 1. The maximum atomic E-state index is 12.8. The summed E-state index contributed by atoms with van der Waals surface area (Å²) in [5.41, 5.74) is -0.00507. The Bertz CT molecular complexity index is 436. The van der Waals surface area contributed by atoms with E-state index in [0.717, 1.165) is 30.2 Å². The first-order valence-corrected chi connectivity index (χ1v) is 7.25. The van der Waals surface area contributed by atoms with Crippen molar-refractivity contribution in [3.05, 3.63) is 16.4 Å². The standard InChI is InChI=1S/C13H19BrN2O2/c1-3-16-11(10(14)9-15-16)12(17)13(18-2)7-5-4-6-8-13/h9H,3-8H2,1-2H3. The van der Waals surface area contributed by atoms with E-state index in [1.165, 1.54) is 6.42 Å². The zero-order valence-electron chi connectivity index (χ0n) is 10.9. The Balaban J connectivity index is 2.36. The van der Waals surface area contributed by atoms with Gasteiger partial charge in [0.1, 0.15) is 11.3 Å². The molecule has 0 aromatic carbocycles. The molecule has 0 aliphatic heterocycles. The minimum Gasteiger partial charge on any atom is -0.370 e. The first-order chi connectivity index (χ1) is 8.64. The number of hydrogen-bond acceptors (Lipinski definition) is 3. The number of nitrogens with zero attached hydrogens (tertiary/aromatic N) is 2. The molecular formula is C13H19BrN2O2. The number of carbonyl (C=O) groups is 1. The number of methoxy groups -OCH3 is 1. The summed E-state index contributed by atoms with van der Waals surface area (Å²) in [4.78, 5) is 12.8. The van der Waals surface area contributed by atoms with E-state index < -0.39 is 5.60 Å². The van der Waals surface area contributed by atoms with Gasteiger partial charge in [0.15, 0.2) is 0 Å². The Morgan fingerprint density at radius 1 is 1.50 bits per heavy atom. The molecule has 0 spiro atoms. The normalized spacial score (nSPS) is 18.8. The number of ether oxygens (including phenoxy) is 1. The number of hydrogen-bond donors (Lipinski definition) is 0. The van der Waals surface area contributed by atoms with Crippen molar-refractivity contribution in [1.29, 1.82) is 0 Å². The smallest absolute Gasteiger partial charge is 0.213 e. The molecule has 2 rings (SSSR count). The highest BCUT2D eigenvalue weighted by Gasteiger charge is 2.42. The van der Waals surface area contributed by atoms with Crippen LogP contribution in [0.15, 0.2) is 10.7 Å². The fourth-order valence-corrected chi connectivity index (χ4v) is 3.17. The van der Waals surface area contributed by atoms with Crippen molar-refractivity contribution in [2.45, 2.75) is 51.2 Å². The van der Waals surface area contributed by atoms with Crippen LogP contribution in [0.1, 0.15) is 49.5 Å². The van der Waals surface area contributed by atoms with Crippen molar-refractivity contribution < 1.29 is 9.53 Å². The van der Waals surface area contributed by atoms with Gasteiger partial charge in [-0.05, 0) is 35.7 Å². The van der Waals surface area contributed by atoms with Gasteiger partial charge in [0.05, 0.1) is 10.7 Å². The zero-order valence-corrected chi connectivity index (χ0v) is 12.5. The van der Waals surface area contributed by atoms with Gasteiger partial charge in [-0.1, -0.05) is 19.3 Å². The number of aromatic nitrogens is 2. The maximum absolute atomic E-state index is 12.8. The number of ketones is 1. The topological polar surface area (TPSA) is 44.1 Å². The van der Waals surface area contributed by atoms with E-state index >= 15 is 0 Å². The number of carbonyl (C=O) groups excluding carboxylic acids is 1. The molecule has 1 aliphatic rings. The Kier molecular flexibility index (Phi) is 4.22. The molecule has 1 aliphatic carbocycles. The molecule has 1 fully saturated rings. The second-order valence-corrected chi connectivity index (χ2v) is 5.60. The third-order valence-corrected chi connectivity index (χ3v) is 4.36. The lowest BCUT2D eigenvalue weighted by Crippen LogP contribution is -2.43. The summed E-state index contributed by atoms with van der Waals surface area (Å²) in [6.07, 6.45) is 6.60. The second-order valence-electron chi connectivity index (χ2n) is 4.75. The van der Waals surface area contributed by atoms with Crippen molar-refractivity contribution in [2.24, 2.45) is 0 Å². The highest BCUT2D eigenvalue weighted by Crippen LogP contribution is 2.35. The molecule has 1 saturated carbocycles. The van der Waals surface area contributed by atoms with E-state index in [9.17, 15) is 4.79 Å². The Labute approximate surface area is 116 Å². The van der Waals surface area contributed by atoms with Crippen LogP contribution in [0.5, 0.6) is 0 Å². The molecule has 1 aromatic heterocycles. The first kappa shape index (κ1) is 13.7. The first-order valence-electron chi connectivity index (χ1n) is 6.46. The van der Waals surface area contributed by atoms with Gasteiger partial charge in [-0.15, -0.1) is 0 Å². The largest absolute Gasteiger partial charge is 0.370 e. The molecular weight excluding hydrogens is 296 g/mol. The number of rotatable bonds is 4. The van der Waals surface area contributed by atoms with Gasteiger partial charge in [-0.25, -0.2) is 0 Å².